The van der Waals surface area contributed by atoms with Crippen molar-refractivity contribution in [1.29, 1.82) is 0 Å². The largest absolute Gasteiger partial charge is 0.327 e. The van der Waals surface area contributed by atoms with Gasteiger partial charge in [-0.3, -0.25) is 9.89 Å². The number of hydrogen-bond acceptors (Lipinski definition) is 3. The zero-order chi connectivity index (χ0) is 14.8. The molecule has 0 atom stereocenters. The molecule has 0 bridgehead atoms. The summed E-state index contributed by atoms with van der Waals surface area (Å²) in [6.45, 7) is 7.86. The van der Waals surface area contributed by atoms with Crippen LogP contribution in [0.1, 0.15) is 26.3 Å². The molecule has 1 N–H and O–H groups in total. The van der Waals surface area contributed by atoms with Gasteiger partial charge in [-0.15, -0.1) is 0 Å². The lowest BCUT2D eigenvalue weighted by Crippen LogP contribution is -2.36. The van der Waals surface area contributed by atoms with Gasteiger partial charge in [-0.1, -0.05) is 44.7 Å². The second-order valence-electron chi connectivity index (χ2n) is 5.78. The number of nitrogens with zero attached hydrogens (tertiary/aromatic N) is 2. The van der Waals surface area contributed by atoms with Crippen LogP contribution in [0.4, 0.5) is 10.5 Å². The summed E-state index contributed by atoms with van der Waals surface area (Å²) in [5.41, 5.74) is 2.19. The molecule has 2 amide bonds. The average molecular weight is 291 g/mol. The molecular weight excluding hydrogens is 270 g/mol. The van der Waals surface area contributed by atoms with Gasteiger partial charge in [-0.2, -0.15) is 0 Å². The Hall–Kier alpha value is -1.49. The number of carbonyl (C=O) groups excluding carboxylic acids is 1. The first-order chi connectivity index (χ1) is 9.41. The van der Waals surface area contributed by atoms with E-state index in [1.54, 1.807) is 4.90 Å². The third-order valence-electron chi connectivity index (χ3n) is 3.23. The fourth-order valence-electron chi connectivity index (χ4n) is 2.03. The van der Waals surface area contributed by atoms with E-state index in [1.165, 1.54) is 17.3 Å². The van der Waals surface area contributed by atoms with Crippen molar-refractivity contribution >= 4 is 28.6 Å². The van der Waals surface area contributed by atoms with Gasteiger partial charge >= 0.3 is 6.03 Å². The van der Waals surface area contributed by atoms with Crippen LogP contribution in [0.5, 0.6) is 0 Å². The quantitative estimate of drug-likeness (QED) is 0.860. The summed E-state index contributed by atoms with van der Waals surface area (Å²) in [4.78, 5) is 18.2. The van der Waals surface area contributed by atoms with Crippen molar-refractivity contribution < 1.29 is 4.79 Å². The molecule has 0 saturated heterocycles. The van der Waals surface area contributed by atoms with Gasteiger partial charge in [0, 0.05) is 12.2 Å². The van der Waals surface area contributed by atoms with Crippen LogP contribution < -0.4 is 5.32 Å². The Morgan fingerprint density at radius 2 is 1.95 bits per heavy atom. The molecule has 0 unspecified atom stereocenters. The predicted molar refractivity (Wildman–Crippen MR) is 86.7 cm³/mol. The number of hydrogen-bond donors (Lipinski definition) is 1. The number of thioether (sulfide) groups is 1. The molecule has 0 radical (unpaired) electrons. The van der Waals surface area contributed by atoms with Crippen LogP contribution in [0.2, 0.25) is 0 Å². The topological polar surface area (TPSA) is 44.7 Å². The molecule has 4 nitrogen and oxygen atoms in total. The van der Waals surface area contributed by atoms with Crippen LogP contribution in [-0.2, 0) is 5.41 Å². The number of amides is 2. The van der Waals surface area contributed by atoms with Crippen LogP contribution in [0.25, 0.3) is 0 Å². The van der Waals surface area contributed by atoms with Gasteiger partial charge in [-0.05, 0) is 29.4 Å². The summed E-state index contributed by atoms with van der Waals surface area (Å²) >= 11 is 1.50. The number of anilines is 1. The monoisotopic (exact) mass is 291 g/mol. The van der Waals surface area contributed by atoms with Gasteiger partial charge < -0.3 is 5.32 Å². The molecule has 20 heavy (non-hydrogen) atoms. The smallest absolute Gasteiger partial charge is 0.307 e. The number of amidine groups is 1. The molecule has 1 aliphatic rings. The molecule has 108 valence electrons. The lowest BCUT2D eigenvalue weighted by molar-refractivity contribution is 0.237. The molecule has 0 saturated carbocycles. The Morgan fingerprint density at radius 1 is 1.30 bits per heavy atom. The van der Waals surface area contributed by atoms with E-state index < -0.39 is 0 Å². The predicted octanol–water partition coefficient (Wildman–Crippen LogP) is 3.55. The SMILES string of the molecule is CSC1=NCCN1C(=O)Nc1ccc(C(C)(C)C)cc1. The Kier molecular flexibility index (Phi) is 4.38. The minimum atomic E-state index is -0.112. The molecular formula is C15H21N3OS. The van der Waals surface area contributed by atoms with Gasteiger partial charge in [0.25, 0.3) is 0 Å². The zero-order valence-electron chi connectivity index (χ0n) is 12.4. The Labute approximate surface area is 124 Å². The second-order valence-corrected chi connectivity index (χ2v) is 6.55. The lowest BCUT2D eigenvalue weighted by atomic mass is 9.87. The third-order valence-corrected chi connectivity index (χ3v) is 3.95. The van der Waals surface area contributed by atoms with Crippen LogP contribution >= 0.6 is 11.8 Å². The maximum atomic E-state index is 12.2. The van der Waals surface area contributed by atoms with E-state index in [-0.39, 0.29) is 11.4 Å². The van der Waals surface area contributed by atoms with E-state index >= 15 is 0 Å². The van der Waals surface area contributed by atoms with Gasteiger partial charge in [0.05, 0.1) is 6.54 Å². The summed E-state index contributed by atoms with van der Waals surface area (Å²) in [5.74, 6) is 0. The van der Waals surface area contributed by atoms with Crippen LogP contribution in [0.15, 0.2) is 29.3 Å². The molecule has 1 aromatic carbocycles. The summed E-state index contributed by atoms with van der Waals surface area (Å²) in [5, 5.41) is 3.71. The van der Waals surface area contributed by atoms with Crippen LogP contribution in [0.3, 0.4) is 0 Å². The molecule has 2 rings (SSSR count). The van der Waals surface area contributed by atoms with Crippen molar-refractivity contribution in [3.8, 4) is 0 Å². The van der Waals surface area contributed by atoms with Crippen molar-refractivity contribution in [3.05, 3.63) is 29.8 Å². The zero-order valence-corrected chi connectivity index (χ0v) is 13.3. The normalized spacial score (nSPS) is 15.2. The van der Waals surface area contributed by atoms with Crippen molar-refractivity contribution in [2.24, 2.45) is 4.99 Å². The Bertz CT molecular complexity index is 517. The molecule has 0 aliphatic carbocycles. The fraction of sp³-hybridized carbons (Fsp3) is 0.467. The van der Waals surface area contributed by atoms with Gasteiger partial charge in [0.15, 0.2) is 5.17 Å². The highest BCUT2D eigenvalue weighted by atomic mass is 32.2. The number of aliphatic imine (C=N–C) groups is 1. The van der Waals surface area contributed by atoms with E-state index in [2.05, 4.69) is 43.2 Å². The number of rotatable bonds is 1. The standard InChI is InChI=1S/C15H21N3OS/c1-15(2,3)11-5-7-12(8-6-11)17-13(19)18-10-9-16-14(18)20-4/h5-8H,9-10H2,1-4H3,(H,17,19). The van der Waals surface area contributed by atoms with E-state index in [4.69, 9.17) is 0 Å². The Morgan fingerprint density at radius 3 is 2.50 bits per heavy atom. The second kappa shape index (κ2) is 5.87. The van der Waals surface area contributed by atoms with Crippen molar-refractivity contribution in [1.82, 2.24) is 4.90 Å². The van der Waals surface area contributed by atoms with Crippen LogP contribution in [0, 0.1) is 0 Å². The number of benzene rings is 1. The molecule has 0 spiro atoms. The van der Waals surface area contributed by atoms with Gasteiger partial charge in [-0.25, -0.2) is 4.79 Å². The molecule has 1 heterocycles. The first-order valence-corrected chi connectivity index (χ1v) is 7.92. The highest BCUT2D eigenvalue weighted by molar-refractivity contribution is 8.13. The highest BCUT2D eigenvalue weighted by Gasteiger charge is 2.23. The van der Waals surface area contributed by atoms with E-state index in [1.807, 2.05) is 18.4 Å². The average Bonchev–Trinajstić information content (AvgIpc) is 2.86. The molecule has 0 fully saturated rings. The molecule has 1 aliphatic heterocycles. The summed E-state index contributed by atoms with van der Waals surface area (Å²) < 4.78 is 0. The summed E-state index contributed by atoms with van der Waals surface area (Å²) in [6, 6.07) is 7.90. The minimum absolute atomic E-state index is 0.112. The van der Waals surface area contributed by atoms with Gasteiger partial charge in [0.2, 0.25) is 0 Å². The van der Waals surface area contributed by atoms with Crippen LogP contribution in [-0.4, -0.2) is 35.4 Å². The molecule has 1 aromatic rings. The number of urea groups is 1. The highest BCUT2D eigenvalue weighted by Crippen LogP contribution is 2.23. The summed E-state index contributed by atoms with van der Waals surface area (Å²) in [6.07, 6.45) is 1.93. The number of carbonyl (C=O) groups is 1. The van der Waals surface area contributed by atoms with Gasteiger partial charge in [0.1, 0.15) is 0 Å². The van der Waals surface area contributed by atoms with E-state index in [0.717, 1.165) is 10.9 Å². The van der Waals surface area contributed by atoms with E-state index in [0.29, 0.717) is 13.1 Å². The first kappa shape index (κ1) is 14.9. The number of nitrogens with one attached hydrogen (secondary N) is 1. The maximum Gasteiger partial charge on any atom is 0.327 e. The molecule has 0 aromatic heterocycles. The van der Waals surface area contributed by atoms with Crippen molar-refractivity contribution in [3.63, 3.8) is 0 Å². The fourth-order valence-corrected chi connectivity index (χ4v) is 2.65. The van der Waals surface area contributed by atoms with Crippen molar-refractivity contribution in [2.45, 2.75) is 26.2 Å². The van der Waals surface area contributed by atoms with E-state index in [9.17, 15) is 4.79 Å². The maximum absolute atomic E-state index is 12.2. The van der Waals surface area contributed by atoms with Crippen molar-refractivity contribution in [2.75, 3.05) is 24.7 Å². The third kappa shape index (κ3) is 3.33. The summed E-state index contributed by atoms with van der Waals surface area (Å²) in [7, 11) is 0. The first-order valence-electron chi connectivity index (χ1n) is 6.69. The molecule has 5 heteroatoms. The lowest BCUT2D eigenvalue weighted by Gasteiger charge is -2.20. The minimum Gasteiger partial charge on any atom is -0.307 e. The Balaban J connectivity index is 2.04.